The van der Waals surface area contributed by atoms with Crippen LogP contribution in [0.15, 0.2) is 24.5 Å². The first-order chi connectivity index (χ1) is 8.81. The Morgan fingerprint density at radius 1 is 1.28 bits per heavy atom. The maximum Gasteiger partial charge on any atom is 0.0270 e. The Labute approximate surface area is 111 Å². The standard InChI is InChI=1S/C16H26N2/c1-13(15-9-11-18-12-10-15)16(17-2)8-7-14-5-3-4-6-14/h9-14,16-17H,3-8H2,1-2H3. The van der Waals surface area contributed by atoms with Crippen molar-refractivity contribution in [3.05, 3.63) is 30.1 Å². The molecule has 0 bridgehead atoms. The normalized spacial score (nSPS) is 19.9. The van der Waals surface area contributed by atoms with Crippen molar-refractivity contribution in [3.63, 3.8) is 0 Å². The Bertz CT molecular complexity index is 330. The van der Waals surface area contributed by atoms with E-state index < -0.39 is 0 Å². The third-order valence-corrected chi connectivity index (χ3v) is 4.57. The second kappa shape index (κ2) is 6.89. The molecule has 1 aliphatic carbocycles. The molecule has 1 saturated carbocycles. The average Bonchev–Trinajstić information content (AvgIpc) is 2.93. The minimum absolute atomic E-state index is 0.569. The van der Waals surface area contributed by atoms with Gasteiger partial charge in [-0.1, -0.05) is 32.6 Å². The molecule has 0 aliphatic heterocycles. The molecule has 2 nitrogen and oxygen atoms in total. The molecule has 1 N–H and O–H groups in total. The lowest BCUT2D eigenvalue weighted by Gasteiger charge is -2.25. The summed E-state index contributed by atoms with van der Waals surface area (Å²) in [7, 11) is 2.09. The van der Waals surface area contributed by atoms with Gasteiger partial charge in [0.15, 0.2) is 0 Å². The largest absolute Gasteiger partial charge is 0.316 e. The van der Waals surface area contributed by atoms with E-state index in [9.17, 15) is 0 Å². The minimum Gasteiger partial charge on any atom is -0.316 e. The fraction of sp³-hybridized carbons (Fsp3) is 0.688. The van der Waals surface area contributed by atoms with Crippen LogP contribution >= 0.6 is 0 Å². The lowest BCUT2D eigenvalue weighted by molar-refractivity contribution is 0.388. The molecule has 0 spiro atoms. The summed E-state index contributed by atoms with van der Waals surface area (Å²) in [5, 5.41) is 3.50. The molecule has 0 amide bonds. The zero-order valence-corrected chi connectivity index (χ0v) is 11.7. The van der Waals surface area contributed by atoms with Gasteiger partial charge >= 0.3 is 0 Å². The van der Waals surface area contributed by atoms with E-state index in [4.69, 9.17) is 0 Å². The van der Waals surface area contributed by atoms with Crippen molar-refractivity contribution in [1.82, 2.24) is 10.3 Å². The van der Waals surface area contributed by atoms with E-state index in [-0.39, 0.29) is 0 Å². The highest BCUT2D eigenvalue weighted by Crippen LogP contribution is 2.31. The number of nitrogens with zero attached hydrogens (tertiary/aromatic N) is 1. The molecule has 2 atom stereocenters. The van der Waals surface area contributed by atoms with E-state index in [1.54, 1.807) is 0 Å². The van der Waals surface area contributed by atoms with Gasteiger partial charge in [-0.3, -0.25) is 4.98 Å². The van der Waals surface area contributed by atoms with Crippen molar-refractivity contribution in [2.75, 3.05) is 7.05 Å². The van der Waals surface area contributed by atoms with Crippen LogP contribution in [-0.4, -0.2) is 18.1 Å². The lowest BCUT2D eigenvalue weighted by Crippen LogP contribution is -2.31. The molecule has 1 aromatic heterocycles. The summed E-state index contributed by atoms with van der Waals surface area (Å²) in [6.45, 7) is 2.32. The summed E-state index contributed by atoms with van der Waals surface area (Å²) < 4.78 is 0. The SMILES string of the molecule is CNC(CCC1CCCC1)C(C)c1ccncc1. The van der Waals surface area contributed by atoms with Crippen molar-refractivity contribution in [2.24, 2.45) is 5.92 Å². The third-order valence-electron chi connectivity index (χ3n) is 4.57. The molecular formula is C16H26N2. The number of aromatic nitrogens is 1. The summed E-state index contributed by atoms with van der Waals surface area (Å²) in [5.74, 6) is 1.56. The van der Waals surface area contributed by atoms with Gasteiger partial charge in [-0.05, 0) is 49.4 Å². The Morgan fingerprint density at radius 3 is 2.56 bits per heavy atom. The molecule has 2 heteroatoms. The van der Waals surface area contributed by atoms with Crippen LogP contribution in [0.4, 0.5) is 0 Å². The highest BCUT2D eigenvalue weighted by molar-refractivity contribution is 5.17. The van der Waals surface area contributed by atoms with Crippen LogP contribution in [0.5, 0.6) is 0 Å². The summed E-state index contributed by atoms with van der Waals surface area (Å²) in [4.78, 5) is 4.10. The van der Waals surface area contributed by atoms with Crippen molar-refractivity contribution in [1.29, 1.82) is 0 Å². The van der Waals surface area contributed by atoms with Crippen molar-refractivity contribution in [3.8, 4) is 0 Å². The van der Waals surface area contributed by atoms with Crippen molar-refractivity contribution < 1.29 is 0 Å². The maximum absolute atomic E-state index is 4.10. The second-order valence-corrected chi connectivity index (χ2v) is 5.69. The van der Waals surface area contributed by atoms with Crippen molar-refractivity contribution >= 4 is 0 Å². The van der Waals surface area contributed by atoms with Gasteiger partial charge in [0.2, 0.25) is 0 Å². The summed E-state index contributed by atoms with van der Waals surface area (Å²) in [6, 6.07) is 4.88. The highest BCUT2D eigenvalue weighted by Gasteiger charge is 2.20. The molecule has 1 aliphatic rings. The van der Waals surface area contributed by atoms with Gasteiger partial charge in [0.1, 0.15) is 0 Å². The monoisotopic (exact) mass is 246 g/mol. The molecule has 1 fully saturated rings. The van der Waals surface area contributed by atoms with Gasteiger partial charge in [0.25, 0.3) is 0 Å². The number of likely N-dealkylation sites (N-methyl/N-ethyl adjacent to an activating group) is 1. The molecule has 2 unspecified atom stereocenters. The molecule has 0 aromatic carbocycles. The van der Waals surface area contributed by atoms with Gasteiger partial charge in [0.05, 0.1) is 0 Å². The van der Waals surface area contributed by atoms with Gasteiger partial charge in [-0.25, -0.2) is 0 Å². The Kier molecular flexibility index (Phi) is 5.18. The van der Waals surface area contributed by atoms with Gasteiger partial charge in [-0.15, -0.1) is 0 Å². The molecule has 100 valence electrons. The molecule has 0 radical (unpaired) electrons. The highest BCUT2D eigenvalue weighted by atomic mass is 14.9. The van der Waals surface area contributed by atoms with Gasteiger partial charge in [0, 0.05) is 18.4 Å². The first kappa shape index (κ1) is 13.5. The predicted octanol–water partition coefficient (Wildman–Crippen LogP) is 3.74. The van der Waals surface area contributed by atoms with E-state index >= 15 is 0 Å². The summed E-state index contributed by atoms with van der Waals surface area (Å²) in [5.41, 5.74) is 1.40. The van der Waals surface area contributed by atoms with E-state index in [1.807, 2.05) is 12.4 Å². The van der Waals surface area contributed by atoms with Crippen LogP contribution in [0.25, 0.3) is 0 Å². The quantitative estimate of drug-likeness (QED) is 0.827. The number of hydrogen-bond donors (Lipinski definition) is 1. The number of hydrogen-bond acceptors (Lipinski definition) is 2. The molecule has 0 saturated heterocycles. The fourth-order valence-corrected chi connectivity index (χ4v) is 3.26. The van der Waals surface area contributed by atoms with E-state index in [0.717, 1.165) is 5.92 Å². The van der Waals surface area contributed by atoms with E-state index in [1.165, 1.54) is 44.1 Å². The summed E-state index contributed by atoms with van der Waals surface area (Å²) in [6.07, 6.45) is 12.3. The van der Waals surface area contributed by atoms with E-state index in [0.29, 0.717) is 12.0 Å². The first-order valence-electron chi connectivity index (χ1n) is 7.38. The minimum atomic E-state index is 0.569. The molecule has 1 heterocycles. The van der Waals surface area contributed by atoms with E-state index in [2.05, 4.69) is 36.4 Å². The van der Waals surface area contributed by atoms with Crippen LogP contribution in [0.1, 0.15) is 56.9 Å². The zero-order valence-electron chi connectivity index (χ0n) is 11.7. The number of rotatable bonds is 6. The van der Waals surface area contributed by atoms with Crippen LogP contribution in [0.2, 0.25) is 0 Å². The molecule has 2 rings (SSSR count). The topological polar surface area (TPSA) is 24.9 Å². The maximum atomic E-state index is 4.10. The van der Waals surface area contributed by atoms with Crippen LogP contribution in [0, 0.1) is 5.92 Å². The molecule has 1 aromatic rings. The predicted molar refractivity (Wildman–Crippen MR) is 76.7 cm³/mol. The molecular weight excluding hydrogens is 220 g/mol. The Hall–Kier alpha value is -0.890. The number of nitrogens with one attached hydrogen (secondary N) is 1. The van der Waals surface area contributed by atoms with Crippen LogP contribution in [-0.2, 0) is 0 Å². The Balaban J connectivity index is 1.87. The zero-order chi connectivity index (χ0) is 12.8. The van der Waals surface area contributed by atoms with Crippen LogP contribution in [0.3, 0.4) is 0 Å². The van der Waals surface area contributed by atoms with Gasteiger partial charge < -0.3 is 5.32 Å². The average molecular weight is 246 g/mol. The van der Waals surface area contributed by atoms with Crippen LogP contribution < -0.4 is 5.32 Å². The lowest BCUT2D eigenvalue weighted by atomic mass is 9.88. The number of pyridine rings is 1. The first-order valence-corrected chi connectivity index (χ1v) is 7.38. The third kappa shape index (κ3) is 3.55. The summed E-state index contributed by atoms with van der Waals surface area (Å²) >= 11 is 0. The molecule has 18 heavy (non-hydrogen) atoms. The fourth-order valence-electron chi connectivity index (χ4n) is 3.26. The van der Waals surface area contributed by atoms with Crippen molar-refractivity contribution in [2.45, 2.75) is 57.4 Å². The second-order valence-electron chi connectivity index (χ2n) is 5.69. The Morgan fingerprint density at radius 2 is 1.94 bits per heavy atom. The smallest absolute Gasteiger partial charge is 0.0270 e. The van der Waals surface area contributed by atoms with Gasteiger partial charge in [-0.2, -0.15) is 0 Å².